The number of nitrogens with one attached hydrogen (secondary N) is 3. The fourth-order valence-corrected chi connectivity index (χ4v) is 2.85. The second-order valence-corrected chi connectivity index (χ2v) is 7.14. The fraction of sp³-hybridized carbons (Fsp3) is 0.421. The van der Waals surface area contributed by atoms with Crippen LogP contribution in [0.5, 0.6) is 5.75 Å². The molecule has 8 N–H and O–H groups in total. The minimum atomic E-state index is -1.47. The Hall–Kier alpha value is -3.32. The van der Waals surface area contributed by atoms with E-state index in [4.69, 9.17) is 10.8 Å². The molecule has 13 heteroatoms. The lowest BCUT2D eigenvalue weighted by Gasteiger charge is -2.23. The molecular formula is C19H26N4O8S. The number of benzene rings is 1. The summed E-state index contributed by atoms with van der Waals surface area (Å²) in [5.74, 6) is -5.06. The van der Waals surface area contributed by atoms with Crippen molar-refractivity contribution < 1.29 is 39.3 Å². The Kier molecular flexibility index (Phi) is 11.0. The lowest BCUT2D eigenvalue weighted by atomic mass is 10.0. The maximum atomic E-state index is 12.8. The van der Waals surface area contributed by atoms with Crippen molar-refractivity contribution >= 4 is 42.3 Å². The Morgan fingerprint density at radius 2 is 1.47 bits per heavy atom. The average Bonchev–Trinajstić information content (AvgIpc) is 2.74. The van der Waals surface area contributed by atoms with Gasteiger partial charge in [0.1, 0.15) is 23.9 Å². The molecule has 1 aromatic carbocycles. The third kappa shape index (κ3) is 9.22. The minimum absolute atomic E-state index is 0.0171. The number of aromatic hydroxyl groups is 1. The van der Waals surface area contributed by atoms with E-state index < -0.39 is 54.2 Å². The molecule has 3 unspecified atom stereocenters. The van der Waals surface area contributed by atoms with Gasteiger partial charge in [0.05, 0.1) is 6.54 Å². The van der Waals surface area contributed by atoms with Gasteiger partial charge in [-0.1, -0.05) is 12.1 Å². The molecule has 0 aliphatic heterocycles. The van der Waals surface area contributed by atoms with Crippen molar-refractivity contribution in [1.82, 2.24) is 16.0 Å². The summed E-state index contributed by atoms with van der Waals surface area (Å²) < 4.78 is 0. The topological polar surface area (TPSA) is 208 Å². The number of aliphatic carboxylic acids is 2. The molecule has 0 saturated carbocycles. The highest BCUT2D eigenvalue weighted by atomic mass is 32.1. The lowest BCUT2D eigenvalue weighted by Crippen LogP contribution is -2.57. The van der Waals surface area contributed by atoms with Gasteiger partial charge in [0.25, 0.3) is 0 Å². The number of carbonyl (C=O) groups excluding carboxylic acids is 3. The Morgan fingerprint density at radius 1 is 0.906 bits per heavy atom. The smallest absolute Gasteiger partial charge is 0.326 e. The molecule has 1 rings (SSSR count). The van der Waals surface area contributed by atoms with Gasteiger partial charge in [0, 0.05) is 18.6 Å². The van der Waals surface area contributed by atoms with E-state index in [9.17, 15) is 34.2 Å². The molecule has 0 aliphatic carbocycles. The van der Waals surface area contributed by atoms with Gasteiger partial charge in [-0.3, -0.25) is 19.2 Å². The van der Waals surface area contributed by atoms with Gasteiger partial charge in [-0.05, 0) is 24.1 Å². The molecular weight excluding hydrogens is 444 g/mol. The first-order valence-electron chi connectivity index (χ1n) is 9.50. The van der Waals surface area contributed by atoms with Crippen molar-refractivity contribution in [3.63, 3.8) is 0 Å². The number of phenols is 1. The summed E-state index contributed by atoms with van der Waals surface area (Å²) in [4.78, 5) is 58.9. The Balaban J connectivity index is 2.89. The number of phenolic OH excluding ortho intramolecular Hbond substituents is 1. The number of carboxylic acids is 2. The van der Waals surface area contributed by atoms with E-state index in [2.05, 4.69) is 28.6 Å². The first-order chi connectivity index (χ1) is 15.1. The highest BCUT2D eigenvalue weighted by Gasteiger charge is 2.29. The minimum Gasteiger partial charge on any atom is -0.508 e. The molecule has 0 bridgehead atoms. The van der Waals surface area contributed by atoms with E-state index in [1.54, 1.807) is 12.1 Å². The third-order valence-electron chi connectivity index (χ3n) is 4.29. The SMILES string of the molecule is NCC(=O)NC(Cc1ccc(O)cc1)C(=O)NC(CS)C(=O)NC(CCC(=O)O)C(=O)O. The van der Waals surface area contributed by atoms with Gasteiger partial charge >= 0.3 is 11.9 Å². The first kappa shape index (κ1) is 26.7. The van der Waals surface area contributed by atoms with Gasteiger partial charge in [0.15, 0.2) is 0 Å². The summed E-state index contributed by atoms with van der Waals surface area (Å²) in [6, 6.07) is 2.06. The molecule has 0 aliphatic rings. The number of thiol groups is 1. The second kappa shape index (κ2) is 13.2. The molecule has 12 nitrogen and oxygen atoms in total. The summed E-state index contributed by atoms with van der Waals surface area (Å²) in [6.45, 7) is -0.375. The Bertz CT molecular complexity index is 833. The van der Waals surface area contributed by atoms with Crippen molar-refractivity contribution in [2.24, 2.45) is 5.73 Å². The van der Waals surface area contributed by atoms with Crippen LogP contribution in [0.3, 0.4) is 0 Å². The highest BCUT2D eigenvalue weighted by molar-refractivity contribution is 7.80. The van der Waals surface area contributed by atoms with Crippen LogP contribution < -0.4 is 21.7 Å². The summed E-state index contributed by atoms with van der Waals surface area (Å²) in [5.41, 5.74) is 5.90. The number of rotatable bonds is 13. The van der Waals surface area contributed by atoms with E-state index in [1.165, 1.54) is 12.1 Å². The second-order valence-electron chi connectivity index (χ2n) is 6.77. The van der Waals surface area contributed by atoms with Crippen LogP contribution in [0.1, 0.15) is 18.4 Å². The summed E-state index contributed by atoms with van der Waals surface area (Å²) in [6.07, 6.45) is -0.802. The number of hydrogen-bond donors (Lipinski definition) is 8. The van der Waals surface area contributed by atoms with Crippen molar-refractivity contribution in [2.45, 2.75) is 37.4 Å². The quantitative estimate of drug-likeness (QED) is 0.153. The number of carboxylic acid groups (broad SMARTS) is 2. The molecule has 0 aromatic heterocycles. The summed E-state index contributed by atoms with van der Waals surface area (Å²) in [5, 5.41) is 34.3. The van der Waals surface area contributed by atoms with E-state index in [0.29, 0.717) is 5.56 Å². The normalized spacial score (nSPS) is 13.3. The number of nitrogens with two attached hydrogens (primary N) is 1. The van der Waals surface area contributed by atoms with Crippen LogP contribution in [-0.4, -0.2) is 75.4 Å². The number of carbonyl (C=O) groups is 5. The van der Waals surface area contributed by atoms with Crippen LogP contribution in [0.4, 0.5) is 0 Å². The standard InChI is InChI=1S/C19H26N4O8S/c20-8-15(25)21-13(7-10-1-3-11(24)4-2-10)17(28)23-14(9-32)18(29)22-12(19(30)31)5-6-16(26)27/h1-4,12-14,24,32H,5-9,20H2,(H,21,25)(H,22,29)(H,23,28)(H,26,27)(H,30,31). The molecule has 0 saturated heterocycles. The number of hydrogen-bond acceptors (Lipinski definition) is 8. The van der Waals surface area contributed by atoms with E-state index in [0.717, 1.165) is 0 Å². The highest BCUT2D eigenvalue weighted by Crippen LogP contribution is 2.12. The van der Waals surface area contributed by atoms with Crippen LogP contribution in [0, 0.1) is 0 Å². The first-order valence-corrected chi connectivity index (χ1v) is 10.1. The van der Waals surface area contributed by atoms with Gasteiger partial charge in [-0.15, -0.1) is 0 Å². The van der Waals surface area contributed by atoms with Gasteiger partial charge < -0.3 is 37.0 Å². The van der Waals surface area contributed by atoms with E-state index in [1.807, 2.05) is 0 Å². The summed E-state index contributed by atoms with van der Waals surface area (Å²) >= 11 is 4.00. The molecule has 0 spiro atoms. The zero-order valence-electron chi connectivity index (χ0n) is 17.0. The molecule has 0 radical (unpaired) electrons. The maximum absolute atomic E-state index is 12.8. The molecule has 3 atom stereocenters. The Labute approximate surface area is 189 Å². The van der Waals surface area contributed by atoms with Crippen molar-refractivity contribution in [3.8, 4) is 5.75 Å². The molecule has 3 amide bonds. The third-order valence-corrected chi connectivity index (χ3v) is 4.66. The predicted molar refractivity (Wildman–Crippen MR) is 115 cm³/mol. The van der Waals surface area contributed by atoms with Crippen molar-refractivity contribution in [2.75, 3.05) is 12.3 Å². The van der Waals surface area contributed by atoms with Gasteiger partial charge in [-0.25, -0.2) is 4.79 Å². The number of amides is 3. The lowest BCUT2D eigenvalue weighted by molar-refractivity contribution is -0.143. The zero-order chi connectivity index (χ0) is 24.3. The van der Waals surface area contributed by atoms with Crippen molar-refractivity contribution in [3.05, 3.63) is 29.8 Å². The van der Waals surface area contributed by atoms with Crippen LogP contribution in [0.25, 0.3) is 0 Å². The van der Waals surface area contributed by atoms with E-state index >= 15 is 0 Å². The largest absolute Gasteiger partial charge is 0.508 e. The zero-order valence-corrected chi connectivity index (χ0v) is 17.9. The molecule has 32 heavy (non-hydrogen) atoms. The van der Waals surface area contributed by atoms with Crippen LogP contribution in [0.2, 0.25) is 0 Å². The van der Waals surface area contributed by atoms with Gasteiger partial charge in [0.2, 0.25) is 17.7 Å². The predicted octanol–water partition coefficient (Wildman–Crippen LogP) is -1.77. The monoisotopic (exact) mass is 470 g/mol. The van der Waals surface area contributed by atoms with Crippen LogP contribution >= 0.6 is 12.6 Å². The molecule has 176 valence electrons. The average molecular weight is 471 g/mol. The van der Waals surface area contributed by atoms with Gasteiger partial charge in [-0.2, -0.15) is 12.6 Å². The fourth-order valence-electron chi connectivity index (χ4n) is 2.59. The van der Waals surface area contributed by atoms with Crippen molar-refractivity contribution in [1.29, 1.82) is 0 Å². The summed E-state index contributed by atoms with van der Waals surface area (Å²) in [7, 11) is 0. The molecule has 0 fully saturated rings. The van der Waals surface area contributed by atoms with E-state index in [-0.39, 0.29) is 30.9 Å². The van der Waals surface area contributed by atoms with Crippen LogP contribution in [-0.2, 0) is 30.4 Å². The van der Waals surface area contributed by atoms with Crippen LogP contribution in [0.15, 0.2) is 24.3 Å². The molecule has 1 aromatic rings. The Morgan fingerprint density at radius 3 is 1.97 bits per heavy atom. The maximum Gasteiger partial charge on any atom is 0.326 e. The molecule has 0 heterocycles.